The summed E-state index contributed by atoms with van der Waals surface area (Å²) in [4.78, 5) is 25.1. The minimum Gasteiger partial charge on any atom is -0.387 e. The smallest absolute Gasteiger partial charge is 0.252 e. The maximum Gasteiger partial charge on any atom is 0.252 e. The Balaban J connectivity index is 1.61. The van der Waals surface area contributed by atoms with Gasteiger partial charge in [-0.2, -0.15) is 0 Å². The van der Waals surface area contributed by atoms with Crippen LogP contribution in [0.5, 0.6) is 0 Å². The van der Waals surface area contributed by atoms with E-state index in [1.54, 1.807) is 6.92 Å². The van der Waals surface area contributed by atoms with Crippen molar-refractivity contribution in [3.63, 3.8) is 0 Å². The van der Waals surface area contributed by atoms with Gasteiger partial charge in [-0.15, -0.1) is 0 Å². The van der Waals surface area contributed by atoms with Gasteiger partial charge in [-0.1, -0.05) is 30.3 Å². The summed E-state index contributed by atoms with van der Waals surface area (Å²) in [6.45, 7) is 4.16. The molecule has 5 atom stereocenters. The summed E-state index contributed by atoms with van der Waals surface area (Å²) in [5, 5.41) is 26.7. The Labute approximate surface area is 172 Å². The van der Waals surface area contributed by atoms with Gasteiger partial charge in [0.2, 0.25) is 0 Å². The van der Waals surface area contributed by atoms with Crippen LogP contribution in [0.25, 0.3) is 11.2 Å². The molecular formula is C20H24N6O4. The Morgan fingerprint density at radius 1 is 1.20 bits per heavy atom. The van der Waals surface area contributed by atoms with Crippen LogP contribution < -0.4 is 10.6 Å². The fourth-order valence-corrected chi connectivity index (χ4v) is 3.55. The summed E-state index contributed by atoms with van der Waals surface area (Å²) in [5.41, 5.74) is 2.00. The number of nitrogens with one attached hydrogen (secondary N) is 2. The largest absolute Gasteiger partial charge is 0.387 e. The molecule has 4 N–H and O–H groups in total. The zero-order valence-electron chi connectivity index (χ0n) is 16.6. The summed E-state index contributed by atoms with van der Waals surface area (Å²) in [6.07, 6.45) is -2.02. The number of carbonyl (C=O) groups is 1. The topological polar surface area (TPSA) is 134 Å². The number of ether oxygens (including phenoxy) is 1. The van der Waals surface area contributed by atoms with Gasteiger partial charge in [0.15, 0.2) is 29.3 Å². The van der Waals surface area contributed by atoms with E-state index in [-0.39, 0.29) is 6.04 Å². The second-order valence-corrected chi connectivity index (χ2v) is 7.15. The molecule has 0 aliphatic carbocycles. The predicted octanol–water partition coefficient (Wildman–Crippen LogP) is 0.755. The lowest BCUT2D eigenvalue weighted by Crippen LogP contribution is -2.42. The minimum atomic E-state index is -1.36. The molecule has 2 aromatic heterocycles. The summed E-state index contributed by atoms with van der Waals surface area (Å²) in [5.74, 6) is 0.0491. The second-order valence-electron chi connectivity index (χ2n) is 7.15. The fourth-order valence-electron chi connectivity index (χ4n) is 3.55. The number of fused-ring (bicyclic) bond motifs is 1. The highest BCUT2D eigenvalue weighted by atomic mass is 16.6. The molecule has 10 heteroatoms. The molecule has 1 fully saturated rings. The van der Waals surface area contributed by atoms with Crippen molar-refractivity contribution in [3.05, 3.63) is 48.5 Å². The van der Waals surface area contributed by atoms with Crippen LogP contribution in [-0.2, 0) is 9.53 Å². The van der Waals surface area contributed by atoms with Gasteiger partial charge in [0.25, 0.3) is 5.91 Å². The molecule has 3 heterocycles. The Morgan fingerprint density at radius 3 is 2.70 bits per heavy atom. The van der Waals surface area contributed by atoms with Crippen molar-refractivity contribution in [1.29, 1.82) is 0 Å². The lowest BCUT2D eigenvalue weighted by atomic mass is 10.1. The molecule has 4 rings (SSSR count). The van der Waals surface area contributed by atoms with Crippen LogP contribution in [0.1, 0.15) is 31.7 Å². The molecule has 0 radical (unpaired) electrons. The standard InChI is InChI=1S/C20H24N6O4/c1-3-21-19(29)16-14(27)15(28)20(30-16)26-10-24-13-17(22-9-23-18(13)26)25-11(2)12-7-5-4-6-8-12/h4-11,14-16,20,27-28H,3H2,1-2H3,(H,21,29)(H,22,23,25)/t11-,14-,15-,16+,20-/m0/s1. The molecule has 1 aromatic carbocycles. The molecule has 0 unspecified atom stereocenters. The van der Waals surface area contributed by atoms with E-state index in [2.05, 4.69) is 25.6 Å². The third-order valence-corrected chi connectivity index (χ3v) is 5.13. The van der Waals surface area contributed by atoms with E-state index in [4.69, 9.17) is 4.74 Å². The molecule has 1 saturated heterocycles. The molecule has 3 aromatic rings. The number of amides is 1. The third kappa shape index (κ3) is 3.60. The summed E-state index contributed by atoms with van der Waals surface area (Å²) in [6, 6.07) is 9.89. The van der Waals surface area contributed by atoms with Crippen molar-refractivity contribution in [2.45, 2.75) is 44.4 Å². The first-order valence-electron chi connectivity index (χ1n) is 9.79. The summed E-state index contributed by atoms with van der Waals surface area (Å²) < 4.78 is 7.18. The number of rotatable bonds is 6. The van der Waals surface area contributed by atoms with E-state index in [0.29, 0.717) is 23.5 Å². The van der Waals surface area contributed by atoms with Crippen LogP contribution >= 0.6 is 0 Å². The maximum absolute atomic E-state index is 12.1. The highest BCUT2D eigenvalue weighted by Crippen LogP contribution is 2.33. The van der Waals surface area contributed by atoms with E-state index >= 15 is 0 Å². The minimum absolute atomic E-state index is 0.0216. The van der Waals surface area contributed by atoms with E-state index in [9.17, 15) is 15.0 Å². The first-order valence-corrected chi connectivity index (χ1v) is 9.79. The normalized spacial score (nSPS) is 24.7. The molecular weight excluding hydrogens is 388 g/mol. The van der Waals surface area contributed by atoms with Crippen molar-refractivity contribution in [1.82, 2.24) is 24.8 Å². The molecule has 1 aliphatic rings. The zero-order valence-corrected chi connectivity index (χ0v) is 16.6. The van der Waals surface area contributed by atoms with Crippen molar-refractivity contribution in [3.8, 4) is 0 Å². The van der Waals surface area contributed by atoms with Gasteiger partial charge in [-0.25, -0.2) is 15.0 Å². The van der Waals surface area contributed by atoms with Gasteiger partial charge in [0, 0.05) is 6.54 Å². The van der Waals surface area contributed by atoms with Crippen LogP contribution in [0.2, 0.25) is 0 Å². The van der Waals surface area contributed by atoms with E-state index in [1.807, 2.05) is 37.3 Å². The van der Waals surface area contributed by atoms with E-state index in [0.717, 1.165) is 5.56 Å². The fraction of sp³-hybridized carbons (Fsp3) is 0.400. The average molecular weight is 412 g/mol. The highest BCUT2D eigenvalue weighted by molar-refractivity contribution is 5.83. The molecule has 1 aliphatic heterocycles. The Hall–Kier alpha value is -3.08. The lowest BCUT2D eigenvalue weighted by Gasteiger charge is -2.17. The molecule has 0 saturated carbocycles. The number of anilines is 1. The van der Waals surface area contributed by atoms with Crippen molar-refractivity contribution >= 4 is 22.9 Å². The van der Waals surface area contributed by atoms with Gasteiger partial charge in [0.05, 0.1) is 12.4 Å². The number of aromatic nitrogens is 4. The van der Waals surface area contributed by atoms with Crippen LogP contribution in [0.3, 0.4) is 0 Å². The van der Waals surface area contributed by atoms with Gasteiger partial charge < -0.3 is 25.6 Å². The highest BCUT2D eigenvalue weighted by Gasteiger charge is 2.47. The molecule has 10 nitrogen and oxygen atoms in total. The molecule has 0 bridgehead atoms. The molecule has 158 valence electrons. The van der Waals surface area contributed by atoms with Crippen LogP contribution in [0.4, 0.5) is 5.82 Å². The Morgan fingerprint density at radius 2 is 1.97 bits per heavy atom. The van der Waals surface area contributed by atoms with Crippen LogP contribution in [0.15, 0.2) is 43.0 Å². The predicted molar refractivity (Wildman–Crippen MR) is 108 cm³/mol. The Bertz CT molecular complexity index is 1030. The number of hydrogen-bond donors (Lipinski definition) is 4. The van der Waals surface area contributed by atoms with E-state index in [1.165, 1.54) is 17.2 Å². The van der Waals surface area contributed by atoms with Crippen LogP contribution in [-0.4, -0.2) is 60.5 Å². The van der Waals surface area contributed by atoms with Gasteiger partial charge in [-0.05, 0) is 19.4 Å². The van der Waals surface area contributed by atoms with E-state index < -0.39 is 30.4 Å². The van der Waals surface area contributed by atoms with Crippen LogP contribution in [0, 0.1) is 0 Å². The number of benzene rings is 1. The lowest BCUT2D eigenvalue weighted by molar-refractivity contribution is -0.137. The monoisotopic (exact) mass is 412 g/mol. The first kappa shape index (κ1) is 20.2. The van der Waals surface area contributed by atoms with Crippen molar-refractivity contribution in [2.24, 2.45) is 0 Å². The van der Waals surface area contributed by atoms with Crippen molar-refractivity contribution in [2.75, 3.05) is 11.9 Å². The Kier molecular flexibility index (Phi) is 5.62. The zero-order chi connectivity index (χ0) is 21.3. The maximum atomic E-state index is 12.1. The number of hydrogen-bond acceptors (Lipinski definition) is 8. The van der Waals surface area contributed by atoms with Gasteiger partial charge in [-0.3, -0.25) is 9.36 Å². The number of aliphatic hydroxyl groups excluding tert-OH is 2. The second kappa shape index (κ2) is 8.34. The summed E-state index contributed by atoms with van der Waals surface area (Å²) in [7, 11) is 0. The SMILES string of the molecule is CCNC(=O)[C@@H]1O[C@H](n2cnc3c(N[C@@H](C)c4ccccc4)ncnc32)[C@@H](O)[C@@H]1O. The van der Waals surface area contributed by atoms with Crippen molar-refractivity contribution < 1.29 is 19.7 Å². The average Bonchev–Trinajstić information content (AvgIpc) is 3.31. The number of likely N-dealkylation sites (N-methyl/N-ethyl adjacent to an activating group) is 1. The van der Waals surface area contributed by atoms with Gasteiger partial charge in [0.1, 0.15) is 18.5 Å². The summed E-state index contributed by atoms with van der Waals surface area (Å²) >= 11 is 0. The number of carbonyl (C=O) groups excluding carboxylic acids is 1. The van der Waals surface area contributed by atoms with Gasteiger partial charge >= 0.3 is 0 Å². The number of nitrogens with zero attached hydrogens (tertiary/aromatic N) is 4. The number of imidazole rings is 1. The molecule has 30 heavy (non-hydrogen) atoms. The third-order valence-electron chi connectivity index (χ3n) is 5.13. The molecule has 1 amide bonds. The molecule has 0 spiro atoms. The first-order chi connectivity index (χ1) is 14.5. The quantitative estimate of drug-likeness (QED) is 0.466. The number of aliphatic hydroxyl groups is 2.